The van der Waals surface area contributed by atoms with Crippen molar-refractivity contribution in [2.24, 2.45) is 17.2 Å². The van der Waals surface area contributed by atoms with Crippen molar-refractivity contribution in [1.82, 2.24) is 0 Å². The Labute approximate surface area is 227 Å². The molecule has 0 aliphatic carbocycles. The summed E-state index contributed by atoms with van der Waals surface area (Å²) in [5.74, 6) is -3.63. The van der Waals surface area contributed by atoms with Crippen molar-refractivity contribution < 1.29 is 47.1 Å². The van der Waals surface area contributed by atoms with E-state index in [2.05, 4.69) is 0 Å². The van der Waals surface area contributed by atoms with Gasteiger partial charge in [-0.25, -0.2) is 0 Å². The van der Waals surface area contributed by atoms with E-state index in [-0.39, 0.29) is 17.4 Å². The second-order valence-corrected chi connectivity index (χ2v) is 7.85. The topological polar surface area (TPSA) is 198 Å². The zero-order valence-electron chi connectivity index (χ0n) is 20.1. The van der Waals surface area contributed by atoms with E-state index in [0.717, 1.165) is 16.7 Å². The summed E-state index contributed by atoms with van der Waals surface area (Å²) in [4.78, 5) is 30.8. The van der Waals surface area contributed by atoms with Gasteiger partial charge >= 0.3 is 17.4 Å². The fraction of sp³-hybridized carbons (Fsp3) is 0.222. The van der Waals surface area contributed by atoms with E-state index in [1.807, 2.05) is 91.0 Å². The molecule has 0 bridgehead atoms. The maximum atomic E-state index is 10.3. The minimum absolute atomic E-state index is 0. The molecule has 0 amide bonds. The van der Waals surface area contributed by atoms with Crippen LogP contribution in [-0.2, 0) is 51.0 Å². The molecule has 0 heterocycles. The molecule has 0 aliphatic heterocycles. The van der Waals surface area contributed by atoms with Crippen LogP contribution in [0.3, 0.4) is 0 Å². The summed E-state index contributed by atoms with van der Waals surface area (Å²) in [5.41, 5.74) is 18.6. The Morgan fingerprint density at radius 1 is 0.486 bits per heavy atom. The molecule has 0 unspecified atom stereocenters. The van der Waals surface area contributed by atoms with Crippen molar-refractivity contribution in [3.8, 4) is 0 Å². The summed E-state index contributed by atoms with van der Waals surface area (Å²) in [6, 6.07) is 25.0. The molecule has 195 valence electrons. The van der Waals surface area contributed by atoms with Crippen molar-refractivity contribution in [2.45, 2.75) is 37.4 Å². The van der Waals surface area contributed by atoms with Gasteiger partial charge < -0.3 is 46.9 Å². The monoisotopic (exact) mass is 544 g/mol. The SMILES string of the molecule is N[C@@H](Cc1ccccc1)C(=O)[O-].N[C@@H](Cc1ccccc1)C(=O)[O-].N[C@@H](Cc1ccccc1)C(=O)[O-].[Cr+3]. The van der Waals surface area contributed by atoms with Crippen LogP contribution in [0.5, 0.6) is 0 Å². The fourth-order valence-corrected chi connectivity index (χ4v) is 2.85. The van der Waals surface area contributed by atoms with Gasteiger partial charge in [0.05, 0.1) is 17.9 Å². The third-order valence-electron chi connectivity index (χ3n) is 4.80. The minimum atomic E-state index is -1.21. The first-order chi connectivity index (χ1) is 17.1. The van der Waals surface area contributed by atoms with E-state index in [0.29, 0.717) is 19.3 Å². The number of carboxylic acids is 3. The number of carbonyl (C=O) groups excluding carboxylic acids is 3. The van der Waals surface area contributed by atoms with Crippen LogP contribution in [0.1, 0.15) is 16.7 Å². The normalized spacial score (nSPS) is 12.1. The van der Waals surface area contributed by atoms with Gasteiger partial charge in [-0.15, -0.1) is 0 Å². The van der Waals surface area contributed by atoms with Crippen LogP contribution in [0, 0.1) is 0 Å². The molecule has 9 nitrogen and oxygen atoms in total. The molecule has 1 radical (unpaired) electrons. The van der Waals surface area contributed by atoms with E-state index in [1.54, 1.807) is 0 Å². The molecule has 0 fully saturated rings. The van der Waals surface area contributed by atoms with Crippen LogP contribution in [0.4, 0.5) is 0 Å². The van der Waals surface area contributed by atoms with Gasteiger partial charge in [0, 0.05) is 18.1 Å². The van der Waals surface area contributed by atoms with E-state index < -0.39 is 36.0 Å². The molecule has 10 heteroatoms. The fourth-order valence-electron chi connectivity index (χ4n) is 2.85. The van der Waals surface area contributed by atoms with Crippen molar-refractivity contribution in [2.75, 3.05) is 0 Å². The number of benzene rings is 3. The van der Waals surface area contributed by atoms with Crippen LogP contribution < -0.4 is 32.5 Å². The van der Waals surface area contributed by atoms with Crippen molar-refractivity contribution >= 4 is 17.9 Å². The first kappa shape index (κ1) is 33.5. The summed E-state index contributed by atoms with van der Waals surface area (Å²) in [5, 5.41) is 30.8. The number of hydrogen-bond donors (Lipinski definition) is 3. The second-order valence-electron chi connectivity index (χ2n) is 7.85. The zero-order chi connectivity index (χ0) is 26.9. The first-order valence-electron chi connectivity index (χ1n) is 11.1. The van der Waals surface area contributed by atoms with E-state index >= 15 is 0 Å². The quantitative estimate of drug-likeness (QED) is 0.270. The smallest absolute Gasteiger partial charge is 0.548 e. The molecule has 0 saturated heterocycles. The third-order valence-corrected chi connectivity index (χ3v) is 4.80. The van der Waals surface area contributed by atoms with Crippen LogP contribution in [0.25, 0.3) is 0 Å². The van der Waals surface area contributed by atoms with Crippen LogP contribution in [0.15, 0.2) is 91.0 Å². The molecule has 0 aromatic heterocycles. The number of hydrogen-bond acceptors (Lipinski definition) is 9. The number of carbonyl (C=O) groups is 3. The molecule has 0 saturated carbocycles. The van der Waals surface area contributed by atoms with Gasteiger partial charge in [0.2, 0.25) is 0 Å². The molecular formula is C27H30CrN3O6. The standard InChI is InChI=1S/3C9H11NO2.Cr/c3*10-8(9(11)12)6-7-4-2-1-3-5-7;/h3*1-5,8H,6,10H2,(H,11,12);/q;;;+3/p-3/t3*8-;/m000./s1. The molecule has 3 aromatic carbocycles. The van der Waals surface area contributed by atoms with Crippen molar-refractivity contribution in [1.29, 1.82) is 0 Å². The largest absolute Gasteiger partial charge is 3.00 e. The Morgan fingerprint density at radius 3 is 0.838 bits per heavy atom. The van der Waals surface area contributed by atoms with E-state index in [9.17, 15) is 29.7 Å². The molecular weight excluding hydrogens is 514 g/mol. The second kappa shape index (κ2) is 18.7. The Morgan fingerprint density at radius 2 is 0.676 bits per heavy atom. The van der Waals surface area contributed by atoms with Gasteiger partial charge in [-0.3, -0.25) is 0 Å². The Kier molecular flexibility index (Phi) is 16.9. The van der Waals surface area contributed by atoms with Gasteiger partial charge in [-0.05, 0) is 36.0 Å². The molecule has 0 aliphatic rings. The van der Waals surface area contributed by atoms with Crippen molar-refractivity contribution in [3.05, 3.63) is 108 Å². The van der Waals surface area contributed by atoms with Gasteiger partial charge in [0.25, 0.3) is 0 Å². The third kappa shape index (κ3) is 15.3. The summed E-state index contributed by atoms with van der Waals surface area (Å²) in [6.07, 6.45) is 0.968. The van der Waals surface area contributed by atoms with Crippen LogP contribution in [0.2, 0.25) is 0 Å². The Balaban J connectivity index is 0.000000518. The van der Waals surface area contributed by atoms with Gasteiger partial charge in [0.1, 0.15) is 0 Å². The van der Waals surface area contributed by atoms with E-state index in [4.69, 9.17) is 17.2 Å². The molecule has 6 N–H and O–H groups in total. The van der Waals surface area contributed by atoms with E-state index in [1.165, 1.54) is 0 Å². The number of nitrogens with two attached hydrogens (primary N) is 3. The average Bonchev–Trinajstić information content (AvgIpc) is 2.86. The molecule has 0 spiro atoms. The van der Waals surface area contributed by atoms with Gasteiger partial charge in [-0.2, -0.15) is 0 Å². The van der Waals surface area contributed by atoms with Gasteiger partial charge in [0.15, 0.2) is 0 Å². The zero-order valence-corrected chi connectivity index (χ0v) is 21.4. The first-order valence-corrected chi connectivity index (χ1v) is 11.1. The summed E-state index contributed by atoms with van der Waals surface area (Å²) < 4.78 is 0. The summed E-state index contributed by atoms with van der Waals surface area (Å²) >= 11 is 0. The maximum Gasteiger partial charge on any atom is 3.00 e. The Hall–Kier alpha value is -3.52. The minimum Gasteiger partial charge on any atom is -0.548 e. The van der Waals surface area contributed by atoms with Gasteiger partial charge in [-0.1, -0.05) is 91.0 Å². The molecule has 3 aromatic rings. The molecule has 37 heavy (non-hydrogen) atoms. The van der Waals surface area contributed by atoms with Crippen LogP contribution in [-0.4, -0.2) is 36.0 Å². The summed E-state index contributed by atoms with van der Waals surface area (Å²) in [6.45, 7) is 0. The maximum absolute atomic E-state index is 10.3. The number of aliphatic carboxylic acids is 3. The predicted octanol–water partition coefficient (Wildman–Crippen LogP) is -2.08. The summed E-state index contributed by atoms with van der Waals surface area (Å²) in [7, 11) is 0. The Bertz CT molecular complexity index is 919. The molecule has 3 atom stereocenters. The van der Waals surface area contributed by atoms with Crippen LogP contribution >= 0.6 is 0 Å². The number of carboxylic acid groups (broad SMARTS) is 3. The van der Waals surface area contributed by atoms with Crippen molar-refractivity contribution in [3.63, 3.8) is 0 Å². The molecule has 3 rings (SSSR count). The average molecular weight is 545 g/mol. The predicted molar refractivity (Wildman–Crippen MR) is 129 cm³/mol. The number of rotatable bonds is 9.